The Hall–Kier alpha value is -0.560. The average Bonchev–Trinajstić information content (AvgIpc) is 2.72. The number of nitrogens with two attached hydrogens (primary N) is 1. The molecule has 1 fully saturated rings. The van der Waals surface area contributed by atoms with E-state index in [0.717, 1.165) is 39.1 Å². The highest BCUT2D eigenvalue weighted by Gasteiger charge is 2.26. The number of hydrogen-bond acceptors (Lipinski definition) is 4. The van der Waals surface area contributed by atoms with Gasteiger partial charge in [0.05, 0.1) is 12.5 Å². The SMILES string of the molecule is CCN(CC)C(=O)CN1CCCN(C(=O)C(C)C(C)N)CC1.Cl.Cl. The van der Waals surface area contributed by atoms with Gasteiger partial charge in [0.2, 0.25) is 11.8 Å². The van der Waals surface area contributed by atoms with Crippen molar-refractivity contribution in [3.05, 3.63) is 0 Å². The van der Waals surface area contributed by atoms with Crippen LogP contribution in [0.15, 0.2) is 0 Å². The van der Waals surface area contributed by atoms with Crippen molar-refractivity contribution < 1.29 is 9.59 Å². The van der Waals surface area contributed by atoms with Crippen molar-refractivity contribution in [3.8, 4) is 0 Å². The van der Waals surface area contributed by atoms with Crippen LogP contribution >= 0.6 is 24.8 Å². The first-order valence-corrected chi connectivity index (χ1v) is 8.45. The zero-order chi connectivity index (χ0) is 16.7. The second kappa shape index (κ2) is 12.8. The van der Waals surface area contributed by atoms with Crippen LogP contribution < -0.4 is 5.73 Å². The Kier molecular flexibility index (Phi) is 13.6. The molecule has 0 radical (unpaired) electrons. The van der Waals surface area contributed by atoms with E-state index in [0.29, 0.717) is 13.1 Å². The highest BCUT2D eigenvalue weighted by atomic mass is 35.5. The fourth-order valence-electron chi connectivity index (χ4n) is 2.73. The minimum atomic E-state index is -0.149. The van der Waals surface area contributed by atoms with Gasteiger partial charge < -0.3 is 15.5 Å². The predicted molar refractivity (Wildman–Crippen MR) is 103 cm³/mol. The van der Waals surface area contributed by atoms with Crippen molar-refractivity contribution in [2.45, 2.75) is 40.2 Å². The summed E-state index contributed by atoms with van der Waals surface area (Å²) in [5.41, 5.74) is 5.83. The summed E-state index contributed by atoms with van der Waals surface area (Å²) in [4.78, 5) is 30.5. The van der Waals surface area contributed by atoms with Crippen LogP contribution in [-0.4, -0.2) is 78.4 Å². The molecule has 8 heteroatoms. The Morgan fingerprint density at radius 1 is 1.04 bits per heavy atom. The number of hydrogen-bond donors (Lipinski definition) is 1. The molecule has 0 aliphatic carbocycles. The van der Waals surface area contributed by atoms with Gasteiger partial charge in [-0.3, -0.25) is 14.5 Å². The maximum absolute atomic E-state index is 12.4. The quantitative estimate of drug-likeness (QED) is 0.747. The van der Waals surface area contributed by atoms with Gasteiger partial charge in [-0.2, -0.15) is 0 Å². The largest absolute Gasteiger partial charge is 0.342 e. The summed E-state index contributed by atoms with van der Waals surface area (Å²) in [5.74, 6) is 0.157. The number of halogens is 2. The van der Waals surface area contributed by atoms with Crippen LogP contribution in [0.1, 0.15) is 34.1 Å². The molecule has 0 aromatic heterocycles. The molecule has 144 valence electrons. The monoisotopic (exact) mass is 384 g/mol. The maximum Gasteiger partial charge on any atom is 0.236 e. The molecule has 2 amide bonds. The summed E-state index contributed by atoms with van der Waals surface area (Å²) < 4.78 is 0. The molecule has 24 heavy (non-hydrogen) atoms. The number of rotatable bonds is 6. The summed E-state index contributed by atoms with van der Waals surface area (Å²) in [6.45, 7) is 12.8. The lowest BCUT2D eigenvalue weighted by Gasteiger charge is -2.27. The number of likely N-dealkylation sites (N-methyl/N-ethyl adjacent to an activating group) is 1. The van der Waals surface area contributed by atoms with Gasteiger partial charge in [-0.15, -0.1) is 24.8 Å². The first-order valence-electron chi connectivity index (χ1n) is 8.45. The molecule has 2 N–H and O–H groups in total. The lowest BCUT2D eigenvalue weighted by atomic mass is 10.0. The Bertz CT molecular complexity index is 379. The number of carbonyl (C=O) groups excluding carboxylic acids is 2. The van der Waals surface area contributed by atoms with Crippen LogP contribution in [0.5, 0.6) is 0 Å². The van der Waals surface area contributed by atoms with Gasteiger partial charge >= 0.3 is 0 Å². The molecular formula is C16H34Cl2N4O2. The molecule has 2 unspecified atom stereocenters. The Morgan fingerprint density at radius 3 is 2.12 bits per heavy atom. The fourth-order valence-corrected chi connectivity index (χ4v) is 2.73. The molecule has 0 saturated carbocycles. The third kappa shape index (κ3) is 7.55. The molecular weight excluding hydrogens is 351 g/mol. The Labute approximate surface area is 158 Å². The molecule has 1 aliphatic rings. The van der Waals surface area contributed by atoms with Gasteiger partial charge in [-0.25, -0.2) is 0 Å². The maximum atomic E-state index is 12.4. The predicted octanol–water partition coefficient (Wildman–Crippen LogP) is 1.22. The van der Waals surface area contributed by atoms with Crippen molar-refractivity contribution in [2.75, 3.05) is 45.8 Å². The van der Waals surface area contributed by atoms with Gasteiger partial charge in [-0.1, -0.05) is 6.92 Å². The van der Waals surface area contributed by atoms with E-state index < -0.39 is 0 Å². The van der Waals surface area contributed by atoms with Crippen LogP contribution in [0.25, 0.3) is 0 Å². The number of carbonyl (C=O) groups is 2. The van der Waals surface area contributed by atoms with Gasteiger partial charge in [0.1, 0.15) is 0 Å². The molecule has 1 saturated heterocycles. The normalized spacial score (nSPS) is 17.8. The lowest BCUT2D eigenvalue weighted by molar-refractivity contribution is -0.135. The van der Waals surface area contributed by atoms with Crippen molar-refractivity contribution >= 4 is 36.6 Å². The van der Waals surface area contributed by atoms with E-state index >= 15 is 0 Å². The third-order valence-electron chi connectivity index (χ3n) is 4.55. The Balaban J connectivity index is 0. The number of nitrogens with zero attached hydrogens (tertiary/aromatic N) is 3. The standard InChI is InChI=1S/C16H32N4O2.2ClH/c1-5-19(6-2)15(21)12-18-8-7-9-20(11-10-18)16(22)13(3)14(4)17;;/h13-14H,5-12,17H2,1-4H3;2*1H. The minimum absolute atomic E-state index is 0. The van der Waals surface area contributed by atoms with E-state index in [9.17, 15) is 9.59 Å². The summed E-state index contributed by atoms with van der Waals surface area (Å²) in [7, 11) is 0. The van der Waals surface area contributed by atoms with Crippen LogP contribution in [0.4, 0.5) is 0 Å². The second-order valence-electron chi connectivity index (χ2n) is 6.17. The van der Waals surface area contributed by atoms with E-state index in [1.54, 1.807) is 0 Å². The van der Waals surface area contributed by atoms with Crippen molar-refractivity contribution in [1.29, 1.82) is 0 Å². The van der Waals surface area contributed by atoms with Crippen LogP contribution in [0.2, 0.25) is 0 Å². The second-order valence-corrected chi connectivity index (χ2v) is 6.17. The van der Waals surface area contributed by atoms with Crippen LogP contribution in [-0.2, 0) is 9.59 Å². The summed E-state index contributed by atoms with van der Waals surface area (Å²) in [6.07, 6.45) is 0.906. The van der Waals surface area contributed by atoms with E-state index in [-0.39, 0.29) is 48.6 Å². The Morgan fingerprint density at radius 2 is 1.62 bits per heavy atom. The van der Waals surface area contributed by atoms with Crippen LogP contribution in [0.3, 0.4) is 0 Å². The van der Waals surface area contributed by atoms with Gasteiger partial charge in [0.15, 0.2) is 0 Å². The van der Waals surface area contributed by atoms with Gasteiger partial charge in [0, 0.05) is 45.3 Å². The van der Waals surface area contributed by atoms with Crippen molar-refractivity contribution in [1.82, 2.24) is 14.7 Å². The summed E-state index contributed by atoms with van der Waals surface area (Å²) in [6, 6.07) is -0.129. The molecule has 1 rings (SSSR count). The fraction of sp³-hybridized carbons (Fsp3) is 0.875. The van der Waals surface area contributed by atoms with E-state index in [4.69, 9.17) is 5.73 Å². The highest BCUT2D eigenvalue weighted by molar-refractivity contribution is 5.85. The first-order chi connectivity index (χ1) is 10.4. The molecule has 0 bridgehead atoms. The van der Waals surface area contributed by atoms with E-state index in [1.807, 2.05) is 37.5 Å². The lowest BCUT2D eigenvalue weighted by Crippen LogP contribution is -2.44. The molecule has 6 nitrogen and oxygen atoms in total. The van der Waals surface area contributed by atoms with Gasteiger partial charge in [0.25, 0.3) is 0 Å². The molecule has 0 spiro atoms. The van der Waals surface area contributed by atoms with E-state index in [1.165, 1.54) is 0 Å². The molecule has 1 aliphatic heterocycles. The van der Waals surface area contributed by atoms with Crippen LogP contribution in [0, 0.1) is 5.92 Å². The zero-order valence-electron chi connectivity index (χ0n) is 15.4. The van der Waals surface area contributed by atoms with E-state index in [2.05, 4.69) is 4.90 Å². The highest BCUT2D eigenvalue weighted by Crippen LogP contribution is 2.10. The van der Waals surface area contributed by atoms with Crippen molar-refractivity contribution in [3.63, 3.8) is 0 Å². The van der Waals surface area contributed by atoms with Crippen molar-refractivity contribution in [2.24, 2.45) is 11.7 Å². The molecule has 0 aromatic carbocycles. The summed E-state index contributed by atoms with van der Waals surface area (Å²) >= 11 is 0. The third-order valence-corrected chi connectivity index (χ3v) is 4.55. The number of amides is 2. The van der Waals surface area contributed by atoms with Gasteiger partial charge in [-0.05, 0) is 27.2 Å². The zero-order valence-corrected chi connectivity index (χ0v) is 17.0. The summed E-state index contributed by atoms with van der Waals surface area (Å²) in [5, 5.41) is 0. The average molecular weight is 385 g/mol. The minimum Gasteiger partial charge on any atom is -0.342 e. The molecule has 2 atom stereocenters. The molecule has 0 aromatic rings. The first kappa shape index (κ1) is 25.7. The topological polar surface area (TPSA) is 69.9 Å². The smallest absolute Gasteiger partial charge is 0.236 e. The molecule has 1 heterocycles.